The lowest BCUT2D eigenvalue weighted by molar-refractivity contribution is -0.149. The Morgan fingerprint density at radius 1 is 0.597 bits per heavy atom. The molecule has 2 amide bonds. The van der Waals surface area contributed by atoms with E-state index in [1.165, 1.54) is 48.2 Å². The van der Waals surface area contributed by atoms with Gasteiger partial charge in [0.05, 0.1) is 34.8 Å². The summed E-state index contributed by atoms with van der Waals surface area (Å²) in [7, 11) is 7.76. The first-order valence-electron chi connectivity index (χ1n) is 23.7. The van der Waals surface area contributed by atoms with Crippen molar-refractivity contribution in [2.75, 3.05) is 54.4 Å². The van der Waals surface area contributed by atoms with Gasteiger partial charge >= 0.3 is 12.2 Å². The van der Waals surface area contributed by atoms with E-state index in [0.29, 0.717) is 24.9 Å². The molecule has 0 spiro atoms. The van der Waals surface area contributed by atoms with Gasteiger partial charge in [-0.25, -0.2) is 9.59 Å². The largest absolute Gasteiger partial charge is 0.444 e. The van der Waals surface area contributed by atoms with Gasteiger partial charge in [0.15, 0.2) is 0 Å². The fourth-order valence-corrected chi connectivity index (χ4v) is 10.4. The van der Waals surface area contributed by atoms with Gasteiger partial charge in [-0.1, -0.05) is 27.7 Å². The van der Waals surface area contributed by atoms with Crippen LogP contribution in [0.4, 0.5) is 9.59 Å². The fraction of sp³-hybridized carbons (Fsp3) is 0.833. The van der Waals surface area contributed by atoms with E-state index in [2.05, 4.69) is 72.0 Å². The van der Waals surface area contributed by atoms with Gasteiger partial charge in [-0.05, 0) is 133 Å². The van der Waals surface area contributed by atoms with Gasteiger partial charge in [0.1, 0.15) is 11.2 Å². The first-order chi connectivity index (χ1) is 29.0. The topological polar surface area (TPSA) is 141 Å². The highest BCUT2D eigenvalue weighted by Crippen LogP contribution is 2.57. The van der Waals surface area contributed by atoms with Crippen LogP contribution in [0.5, 0.6) is 0 Å². The van der Waals surface area contributed by atoms with E-state index in [4.69, 9.17) is 18.9 Å². The molecule has 4 unspecified atom stereocenters. The van der Waals surface area contributed by atoms with Gasteiger partial charge in [-0.15, -0.1) is 0 Å². The zero-order valence-corrected chi connectivity index (χ0v) is 41.2. The van der Waals surface area contributed by atoms with Gasteiger partial charge in [0, 0.05) is 87.7 Å². The minimum atomic E-state index is -0.474. The SMILES string of the molecule is CCC12CCC(CC)(CC(c3[nH]ncc3CN(C)CCN(C)C(=O)OC(C)(C)C)C1)O2.CCC12CCC(CC)(CC(c3[nH]ncc3CN(C)CCN(C)C(=O)OC(C)(C)C)C1)O2. The fourth-order valence-electron chi connectivity index (χ4n) is 10.4. The molecule has 352 valence electrons. The number of nitrogens with one attached hydrogen (secondary N) is 2. The van der Waals surface area contributed by atoms with Crippen LogP contribution >= 0.6 is 0 Å². The van der Waals surface area contributed by atoms with E-state index >= 15 is 0 Å². The Bertz CT molecular complexity index is 1600. The summed E-state index contributed by atoms with van der Waals surface area (Å²) < 4.78 is 24.2. The molecule has 2 N–H and O–H groups in total. The molecule has 0 aromatic carbocycles. The van der Waals surface area contributed by atoms with Gasteiger partial charge in [0.2, 0.25) is 0 Å². The van der Waals surface area contributed by atoms with Crippen molar-refractivity contribution in [3.8, 4) is 0 Å². The summed E-state index contributed by atoms with van der Waals surface area (Å²) >= 11 is 0. The van der Waals surface area contributed by atoms with Crippen LogP contribution in [0.3, 0.4) is 0 Å². The highest BCUT2D eigenvalue weighted by Gasteiger charge is 2.55. The maximum absolute atomic E-state index is 12.2. The molecule has 4 aliphatic heterocycles. The number of nitrogens with zero attached hydrogens (tertiary/aromatic N) is 6. The number of aromatic nitrogens is 4. The van der Waals surface area contributed by atoms with Crippen LogP contribution in [0.25, 0.3) is 0 Å². The second kappa shape index (κ2) is 19.9. The Kier molecular flexibility index (Phi) is 16.0. The van der Waals surface area contributed by atoms with Crippen LogP contribution in [0.15, 0.2) is 12.4 Å². The molecular weight excluding hydrogens is 785 g/mol. The van der Waals surface area contributed by atoms with Gasteiger partial charge in [-0.3, -0.25) is 10.2 Å². The zero-order chi connectivity index (χ0) is 45.7. The average molecular weight is 869 g/mol. The second-order valence-electron chi connectivity index (χ2n) is 21.5. The third-order valence-electron chi connectivity index (χ3n) is 14.2. The van der Waals surface area contributed by atoms with Gasteiger partial charge in [-0.2, -0.15) is 10.2 Å². The number of amides is 2. The summed E-state index contributed by atoms with van der Waals surface area (Å²) in [6.45, 7) is 24.8. The van der Waals surface area contributed by atoms with E-state index in [1.807, 2.05) is 53.9 Å². The summed E-state index contributed by atoms with van der Waals surface area (Å²) in [6, 6.07) is 0. The standard InChI is InChI=1S/2C24H42N4O3/c2*1-8-23-10-11-24(9-2,31-23)15-18(14-23)20-19(16-25-26-20)17-27(6)12-13-28(7)21(29)30-22(3,4)5/h2*16,18H,8-15,17H2,1-7H3,(H,25,26). The minimum Gasteiger partial charge on any atom is -0.444 e. The molecule has 0 aliphatic carbocycles. The van der Waals surface area contributed by atoms with Crippen molar-refractivity contribution in [3.05, 3.63) is 34.9 Å². The second-order valence-corrected chi connectivity index (χ2v) is 21.5. The van der Waals surface area contributed by atoms with Gasteiger partial charge in [0.25, 0.3) is 0 Å². The summed E-state index contributed by atoms with van der Waals surface area (Å²) in [5, 5.41) is 15.5. The minimum absolute atomic E-state index is 0.0311. The third kappa shape index (κ3) is 12.5. The molecule has 0 radical (unpaired) electrons. The summed E-state index contributed by atoms with van der Waals surface area (Å²) in [5.41, 5.74) is 4.23. The lowest BCUT2D eigenvalue weighted by Crippen LogP contribution is -2.43. The summed E-state index contributed by atoms with van der Waals surface area (Å²) in [6.07, 6.45) is 16.7. The lowest BCUT2D eigenvalue weighted by Gasteiger charge is -2.43. The molecular formula is C48H84N8O6. The van der Waals surface area contributed by atoms with Crippen LogP contribution in [0.2, 0.25) is 0 Å². The predicted molar refractivity (Wildman–Crippen MR) is 244 cm³/mol. The molecule has 2 aromatic rings. The highest BCUT2D eigenvalue weighted by atomic mass is 16.6. The Morgan fingerprint density at radius 3 is 1.18 bits per heavy atom. The predicted octanol–water partition coefficient (Wildman–Crippen LogP) is 9.39. The highest BCUT2D eigenvalue weighted by molar-refractivity contribution is 5.68. The number of hydrogen-bond donors (Lipinski definition) is 2. The number of ether oxygens (including phenoxy) is 4. The van der Waals surface area contributed by atoms with Crippen LogP contribution in [0.1, 0.15) is 181 Å². The van der Waals surface area contributed by atoms with Crippen LogP contribution in [0, 0.1) is 0 Å². The zero-order valence-electron chi connectivity index (χ0n) is 41.2. The molecule has 4 fully saturated rings. The summed E-state index contributed by atoms with van der Waals surface area (Å²) in [4.78, 5) is 32.2. The molecule has 62 heavy (non-hydrogen) atoms. The number of carbonyl (C=O) groups is 2. The van der Waals surface area contributed by atoms with Crippen molar-refractivity contribution in [2.24, 2.45) is 0 Å². The Balaban J connectivity index is 0.000000234. The van der Waals surface area contributed by atoms with Crippen LogP contribution in [-0.2, 0) is 32.0 Å². The molecule has 4 bridgehead atoms. The molecule has 2 aromatic heterocycles. The number of fused-ring (bicyclic) bond motifs is 4. The van der Waals surface area contributed by atoms with E-state index in [-0.39, 0.29) is 34.6 Å². The maximum atomic E-state index is 12.2. The quantitative estimate of drug-likeness (QED) is 0.168. The first kappa shape index (κ1) is 49.8. The number of hydrogen-bond acceptors (Lipinski definition) is 10. The molecule has 6 heterocycles. The van der Waals surface area contributed by atoms with E-state index in [9.17, 15) is 9.59 Å². The lowest BCUT2D eigenvalue weighted by atomic mass is 9.79. The van der Waals surface area contributed by atoms with Crippen molar-refractivity contribution < 1.29 is 28.5 Å². The van der Waals surface area contributed by atoms with Crippen molar-refractivity contribution in [3.63, 3.8) is 0 Å². The smallest absolute Gasteiger partial charge is 0.410 e. The third-order valence-corrected chi connectivity index (χ3v) is 14.2. The van der Waals surface area contributed by atoms with Crippen molar-refractivity contribution in [2.45, 2.75) is 205 Å². The Morgan fingerprint density at radius 2 is 0.903 bits per heavy atom. The first-order valence-corrected chi connectivity index (χ1v) is 23.7. The maximum Gasteiger partial charge on any atom is 0.410 e. The molecule has 4 atom stereocenters. The number of carbonyl (C=O) groups excluding carboxylic acids is 2. The Hall–Kier alpha value is -3.20. The number of H-pyrrole nitrogens is 2. The van der Waals surface area contributed by atoms with E-state index in [1.54, 1.807) is 23.9 Å². The Labute approximate surface area is 373 Å². The van der Waals surface area contributed by atoms with Crippen LogP contribution in [-0.4, -0.2) is 140 Å². The average Bonchev–Trinajstić information content (AvgIpc) is 3.99. The number of aromatic amines is 2. The molecule has 14 heteroatoms. The number of likely N-dealkylation sites (N-methyl/N-ethyl adjacent to an activating group) is 4. The van der Waals surface area contributed by atoms with Crippen molar-refractivity contribution >= 4 is 12.2 Å². The van der Waals surface area contributed by atoms with Gasteiger partial charge < -0.3 is 38.5 Å². The molecule has 6 rings (SSSR count). The summed E-state index contributed by atoms with van der Waals surface area (Å²) in [5.74, 6) is 0.929. The molecule has 4 aliphatic rings. The van der Waals surface area contributed by atoms with Crippen molar-refractivity contribution in [1.82, 2.24) is 40.0 Å². The van der Waals surface area contributed by atoms with Crippen molar-refractivity contribution in [1.29, 1.82) is 0 Å². The number of rotatable bonds is 16. The molecule has 0 saturated carbocycles. The molecule has 14 nitrogen and oxygen atoms in total. The normalized spacial score (nSPS) is 28.2. The van der Waals surface area contributed by atoms with E-state index < -0.39 is 11.2 Å². The van der Waals surface area contributed by atoms with E-state index in [0.717, 1.165) is 77.5 Å². The molecule has 4 saturated heterocycles. The monoisotopic (exact) mass is 869 g/mol. The van der Waals surface area contributed by atoms with Crippen LogP contribution < -0.4 is 0 Å².